The summed E-state index contributed by atoms with van der Waals surface area (Å²) in [6, 6.07) is 4.03. The van der Waals surface area contributed by atoms with E-state index in [-0.39, 0.29) is 5.28 Å². The van der Waals surface area contributed by atoms with Crippen molar-refractivity contribution < 1.29 is 4.57 Å². The standard InChI is InChI=1S/C14H16ClN6/c1-4-20-9-16-11-12(20)17-14(15)18-13(11)21-7-5-10(6-8-21)19(2)3/h5-9H,4H2,1-3H3/q+1. The molecule has 3 aromatic heterocycles. The van der Waals surface area contributed by atoms with Crippen LogP contribution < -0.4 is 9.47 Å². The molecular formula is C14H16ClN6+. The summed E-state index contributed by atoms with van der Waals surface area (Å²) in [7, 11) is 4.00. The Morgan fingerprint density at radius 1 is 1.24 bits per heavy atom. The van der Waals surface area contributed by atoms with Gasteiger partial charge < -0.3 is 9.47 Å². The zero-order valence-electron chi connectivity index (χ0n) is 12.2. The Morgan fingerprint density at radius 3 is 2.57 bits per heavy atom. The van der Waals surface area contributed by atoms with Crippen LogP contribution in [0.4, 0.5) is 5.69 Å². The van der Waals surface area contributed by atoms with E-state index < -0.39 is 0 Å². The van der Waals surface area contributed by atoms with Crippen LogP contribution in [0.25, 0.3) is 17.0 Å². The number of nitrogens with zero attached hydrogens (tertiary/aromatic N) is 6. The van der Waals surface area contributed by atoms with E-state index in [9.17, 15) is 0 Å². The molecule has 0 aliphatic rings. The highest BCUT2D eigenvalue weighted by Crippen LogP contribution is 2.17. The first-order chi connectivity index (χ1) is 10.1. The van der Waals surface area contributed by atoms with Gasteiger partial charge in [-0.15, -0.1) is 0 Å². The maximum absolute atomic E-state index is 6.06. The van der Waals surface area contributed by atoms with Gasteiger partial charge in [-0.3, -0.25) is 0 Å². The van der Waals surface area contributed by atoms with Crippen molar-refractivity contribution in [2.24, 2.45) is 0 Å². The average Bonchev–Trinajstić information content (AvgIpc) is 2.89. The molecule has 0 aliphatic carbocycles. The summed E-state index contributed by atoms with van der Waals surface area (Å²) >= 11 is 6.06. The van der Waals surface area contributed by atoms with Gasteiger partial charge in [0.05, 0.1) is 18.7 Å². The Hall–Kier alpha value is -2.21. The zero-order valence-corrected chi connectivity index (χ0v) is 12.9. The van der Waals surface area contributed by atoms with Crippen LogP contribution in [0.3, 0.4) is 0 Å². The molecule has 7 heteroatoms. The first kappa shape index (κ1) is 13.8. The van der Waals surface area contributed by atoms with E-state index in [4.69, 9.17) is 11.6 Å². The number of aromatic nitrogens is 5. The molecule has 108 valence electrons. The maximum Gasteiger partial charge on any atom is 0.361 e. The molecule has 0 fully saturated rings. The molecule has 3 aromatic rings. The monoisotopic (exact) mass is 303 g/mol. The maximum atomic E-state index is 6.06. The third kappa shape index (κ3) is 2.42. The number of fused-ring (bicyclic) bond motifs is 1. The summed E-state index contributed by atoms with van der Waals surface area (Å²) in [5.74, 6) is 0.683. The molecule has 0 aromatic carbocycles. The summed E-state index contributed by atoms with van der Waals surface area (Å²) in [4.78, 5) is 15.0. The second-order valence-electron chi connectivity index (χ2n) is 4.88. The van der Waals surface area contributed by atoms with Crippen molar-refractivity contribution in [2.45, 2.75) is 13.5 Å². The molecule has 3 rings (SSSR count). The Kier molecular flexibility index (Phi) is 3.47. The van der Waals surface area contributed by atoms with Gasteiger partial charge in [-0.2, -0.15) is 4.98 Å². The number of aryl methyl sites for hydroxylation is 1. The number of imidazole rings is 1. The molecule has 0 radical (unpaired) electrons. The van der Waals surface area contributed by atoms with Crippen molar-refractivity contribution in [1.82, 2.24) is 19.5 Å². The fraction of sp³-hybridized carbons (Fsp3) is 0.286. The number of anilines is 1. The molecule has 0 unspecified atom stereocenters. The Balaban J connectivity index is 2.17. The first-order valence-electron chi connectivity index (χ1n) is 6.67. The van der Waals surface area contributed by atoms with E-state index in [1.165, 1.54) is 0 Å². The third-order valence-corrected chi connectivity index (χ3v) is 3.50. The Morgan fingerprint density at radius 2 is 1.95 bits per heavy atom. The molecule has 6 nitrogen and oxygen atoms in total. The third-order valence-electron chi connectivity index (χ3n) is 3.33. The van der Waals surface area contributed by atoms with E-state index in [1.54, 1.807) is 6.33 Å². The summed E-state index contributed by atoms with van der Waals surface area (Å²) < 4.78 is 3.84. The molecule has 0 saturated carbocycles. The van der Waals surface area contributed by atoms with E-state index in [0.717, 1.165) is 23.4 Å². The molecule has 0 N–H and O–H groups in total. The van der Waals surface area contributed by atoms with Gasteiger partial charge in [-0.1, -0.05) is 0 Å². The Bertz CT molecular complexity index is 778. The zero-order chi connectivity index (χ0) is 15.0. The predicted molar refractivity (Wildman–Crippen MR) is 81.9 cm³/mol. The number of hydrogen-bond acceptors (Lipinski definition) is 4. The minimum Gasteiger partial charge on any atom is -0.377 e. The second kappa shape index (κ2) is 5.29. The van der Waals surface area contributed by atoms with Gasteiger partial charge in [0.1, 0.15) is 0 Å². The van der Waals surface area contributed by atoms with E-state index >= 15 is 0 Å². The molecule has 3 heterocycles. The molecule has 0 spiro atoms. The molecule has 0 bridgehead atoms. The first-order valence-corrected chi connectivity index (χ1v) is 7.05. The summed E-state index contributed by atoms with van der Waals surface area (Å²) in [6.45, 7) is 2.82. The summed E-state index contributed by atoms with van der Waals surface area (Å²) in [5, 5.41) is 0.219. The number of halogens is 1. The van der Waals surface area contributed by atoms with Gasteiger partial charge in [0.2, 0.25) is 5.52 Å². The summed E-state index contributed by atoms with van der Waals surface area (Å²) in [5.41, 5.74) is 2.60. The lowest BCUT2D eigenvalue weighted by molar-refractivity contribution is -0.598. The van der Waals surface area contributed by atoms with Crippen LogP contribution in [-0.4, -0.2) is 33.6 Å². The quantitative estimate of drug-likeness (QED) is 0.547. The van der Waals surface area contributed by atoms with Gasteiger partial charge in [0, 0.05) is 38.5 Å². The fourth-order valence-corrected chi connectivity index (χ4v) is 2.33. The van der Waals surface area contributed by atoms with Crippen LogP contribution in [0.15, 0.2) is 30.9 Å². The van der Waals surface area contributed by atoms with Crippen molar-refractivity contribution in [3.63, 3.8) is 0 Å². The van der Waals surface area contributed by atoms with Crippen LogP contribution in [0.5, 0.6) is 0 Å². The topological polar surface area (TPSA) is 50.7 Å². The van der Waals surface area contributed by atoms with E-state index in [1.807, 2.05) is 59.6 Å². The number of hydrogen-bond donors (Lipinski definition) is 0. The smallest absolute Gasteiger partial charge is 0.361 e. The molecule has 21 heavy (non-hydrogen) atoms. The van der Waals surface area contributed by atoms with Gasteiger partial charge >= 0.3 is 11.1 Å². The fourth-order valence-electron chi connectivity index (χ4n) is 2.17. The second-order valence-corrected chi connectivity index (χ2v) is 5.22. The van der Waals surface area contributed by atoms with E-state index in [0.29, 0.717) is 5.82 Å². The van der Waals surface area contributed by atoms with Crippen molar-refractivity contribution in [3.05, 3.63) is 36.1 Å². The van der Waals surface area contributed by atoms with Gasteiger partial charge in [-0.05, 0) is 23.5 Å². The Labute approximate surface area is 127 Å². The van der Waals surface area contributed by atoms with Gasteiger partial charge in [0.25, 0.3) is 0 Å². The lowest BCUT2D eigenvalue weighted by atomic mass is 10.3. The van der Waals surface area contributed by atoms with Gasteiger partial charge in [-0.25, -0.2) is 9.55 Å². The van der Waals surface area contributed by atoms with Crippen LogP contribution in [-0.2, 0) is 6.54 Å². The van der Waals surface area contributed by atoms with Crippen molar-refractivity contribution in [2.75, 3.05) is 19.0 Å². The van der Waals surface area contributed by atoms with Crippen LogP contribution in [0.2, 0.25) is 5.28 Å². The summed E-state index contributed by atoms with van der Waals surface area (Å²) in [6.07, 6.45) is 5.64. The van der Waals surface area contributed by atoms with Crippen molar-refractivity contribution >= 4 is 28.5 Å². The molecule has 0 amide bonds. The minimum atomic E-state index is 0.219. The number of pyridine rings is 1. The van der Waals surface area contributed by atoms with Crippen molar-refractivity contribution in [1.29, 1.82) is 0 Å². The molecule has 0 saturated heterocycles. The number of rotatable bonds is 3. The highest BCUT2D eigenvalue weighted by molar-refractivity contribution is 6.28. The lowest BCUT2D eigenvalue weighted by Crippen LogP contribution is -2.32. The SMILES string of the molecule is CCn1cnc2c(-[n+]3ccc(N(C)C)cc3)nc(Cl)nc21. The molecule has 0 atom stereocenters. The average molecular weight is 304 g/mol. The van der Waals surface area contributed by atoms with Crippen LogP contribution in [0.1, 0.15) is 6.92 Å². The largest absolute Gasteiger partial charge is 0.377 e. The minimum absolute atomic E-state index is 0.219. The van der Waals surface area contributed by atoms with Crippen molar-refractivity contribution in [3.8, 4) is 5.82 Å². The molecule has 0 aliphatic heterocycles. The van der Waals surface area contributed by atoms with E-state index in [2.05, 4.69) is 15.0 Å². The van der Waals surface area contributed by atoms with Gasteiger partial charge in [0.15, 0.2) is 5.65 Å². The highest BCUT2D eigenvalue weighted by Gasteiger charge is 2.21. The lowest BCUT2D eigenvalue weighted by Gasteiger charge is -2.11. The normalized spacial score (nSPS) is 11.0. The predicted octanol–water partition coefficient (Wildman–Crippen LogP) is 1.84. The highest BCUT2D eigenvalue weighted by atomic mass is 35.5. The van der Waals surface area contributed by atoms with Crippen LogP contribution in [0, 0.1) is 0 Å². The molecular weight excluding hydrogens is 288 g/mol. The van der Waals surface area contributed by atoms with Crippen LogP contribution >= 0.6 is 11.6 Å².